The van der Waals surface area contributed by atoms with Gasteiger partial charge in [-0.05, 0) is 12.1 Å². The van der Waals surface area contributed by atoms with Crippen LogP contribution < -0.4 is 4.90 Å². The van der Waals surface area contributed by atoms with Crippen LogP contribution in [-0.2, 0) is 19.2 Å². The van der Waals surface area contributed by atoms with Crippen molar-refractivity contribution in [3.8, 4) is 0 Å². The average molecular weight is 277 g/mol. The van der Waals surface area contributed by atoms with E-state index in [4.69, 9.17) is 0 Å². The third-order valence-corrected chi connectivity index (χ3v) is 2.70. The number of imide groups is 2. The molecule has 0 unspecified atom stereocenters. The highest BCUT2D eigenvalue weighted by molar-refractivity contribution is 6.61. The molecule has 20 heavy (non-hydrogen) atoms. The minimum atomic E-state index is -1.19. The first-order chi connectivity index (χ1) is 9.34. The molecule has 1 aliphatic heterocycles. The standard InChI is InChI=1S/C11H7N3O6/c1-12-8(15)10(17)13(11(18)9(12)16)6-2-4-7(5-3-6)14(19)20/h2-5H,1H3. The fourth-order valence-electron chi connectivity index (χ4n) is 1.62. The summed E-state index contributed by atoms with van der Waals surface area (Å²) < 4.78 is 0. The van der Waals surface area contributed by atoms with E-state index in [1.807, 2.05) is 0 Å². The molecule has 0 radical (unpaired) electrons. The molecular weight excluding hydrogens is 270 g/mol. The molecule has 4 amide bonds. The molecule has 0 aliphatic carbocycles. The Kier molecular flexibility index (Phi) is 3.02. The van der Waals surface area contributed by atoms with Crippen molar-refractivity contribution in [1.29, 1.82) is 0 Å². The molecule has 1 aliphatic rings. The Hall–Kier alpha value is -3.10. The van der Waals surface area contributed by atoms with Crippen molar-refractivity contribution >= 4 is 35.0 Å². The lowest BCUT2D eigenvalue weighted by Gasteiger charge is -2.27. The predicted molar refractivity (Wildman–Crippen MR) is 63.4 cm³/mol. The van der Waals surface area contributed by atoms with E-state index >= 15 is 0 Å². The van der Waals surface area contributed by atoms with Gasteiger partial charge < -0.3 is 0 Å². The van der Waals surface area contributed by atoms with E-state index in [1.54, 1.807) is 0 Å². The molecule has 0 saturated carbocycles. The first-order valence-electron chi connectivity index (χ1n) is 5.29. The van der Waals surface area contributed by atoms with Crippen LogP contribution in [0, 0.1) is 10.1 Å². The fourth-order valence-corrected chi connectivity index (χ4v) is 1.62. The van der Waals surface area contributed by atoms with Gasteiger partial charge in [0.2, 0.25) is 0 Å². The van der Waals surface area contributed by atoms with E-state index in [2.05, 4.69) is 0 Å². The third-order valence-electron chi connectivity index (χ3n) is 2.70. The molecule has 0 N–H and O–H groups in total. The van der Waals surface area contributed by atoms with Gasteiger partial charge in [0.25, 0.3) is 5.69 Å². The van der Waals surface area contributed by atoms with Gasteiger partial charge in [0.05, 0.1) is 10.6 Å². The molecule has 0 atom stereocenters. The highest BCUT2D eigenvalue weighted by Crippen LogP contribution is 2.22. The van der Waals surface area contributed by atoms with Crippen molar-refractivity contribution in [1.82, 2.24) is 4.90 Å². The van der Waals surface area contributed by atoms with E-state index in [1.165, 1.54) is 0 Å². The predicted octanol–water partition coefficient (Wildman–Crippen LogP) is -0.547. The number of nitrogens with zero attached hydrogens (tertiary/aromatic N) is 3. The SMILES string of the molecule is CN1C(=O)C(=O)N(c2ccc([N+](=O)[O-])cc2)C(=O)C1=O. The van der Waals surface area contributed by atoms with Crippen molar-refractivity contribution in [3.63, 3.8) is 0 Å². The summed E-state index contributed by atoms with van der Waals surface area (Å²) >= 11 is 0. The van der Waals surface area contributed by atoms with Crippen molar-refractivity contribution in [2.24, 2.45) is 0 Å². The quantitative estimate of drug-likeness (QED) is 0.310. The number of amides is 4. The molecule has 9 heteroatoms. The summed E-state index contributed by atoms with van der Waals surface area (Å²) in [5.41, 5.74) is -0.333. The van der Waals surface area contributed by atoms with Gasteiger partial charge in [0.15, 0.2) is 0 Å². The molecule has 9 nitrogen and oxygen atoms in total. The summed E-state index contributed by atoms with van der Waals surface area (Å²) in [5.74, 6) is -4.67. The van der Waals surface area contributed by atoms with Crippen LogP contribution in [0.3, 0.4) is 0 Å². The minimum absolute atomic E-state index is 0.0830. The summed E-state index contributed by atoms with van der Waals surface area (Å²) in [4.78, 5) is 57.1. The second-order valence-corrected chi connectivity index (χ2v) is 3.89. The van der Waals surface area contributed by atoms with Crippen LogP contribution >= 0.6 is 0 Å². The van der Waals surface area contributed by atoms with Gasteiger partial charge in [-0.2, -0.15) is 0 Å². The third kappa shape index (κ3) is 1.90. The second-order valence-electron chi connectivity index (χ2n) is 3.89. The Bertz CT molecular complexity index is 623. The molecule has 1 aromatic carbocycles. The summed E-state index contributed by atoms with van der Waals surface area (Å²) in [5, 5.41) is 10.5. The number of nitro benzene ring substituents is 1. The normalized spacial score (nSPS) is 15.8. The van der Waals surface area contributed by atoms with E-state index in [-0.39, 0.29) is 11.4 Å². The van der Waals surface area contributed by atoms with Crippen molar-refractivity contribution in [2.75, 3.05) is 11.9 Å². The average Bonchev–Trinajstić information content (AvgIpc) is 2.44. The molecule has 1 heterocycles. The number of likely N-dealkylation sites (N-methyl/N-ethyl adjacent to an activating group) is 1. The maximum atomic E-state index is 11.7. The van der Waals surface area contributed by atoms with E-state index in [0.717, 1.165) is 31.3 Å². The number of nitro groups is 1. The zero-order valence-corrected chi connectivity index (χ0v) is 10.1. The molecule has 2 rings (SSSR count). The van der Waals surface area contributed by atoms with E-state index < -0.39 is 28.6 Å². The zero-order chi connectivity index (χ0) is 15.0. The van der Waals surface area contributed by atoms with Crippen molar-refractivity contribution in [3.05, 3.63) is 34.4 Å². The number of non-ortho nitro benzene ring substituents is 1. The van der Waals surface area contributed by atoms with Crippen LogP contribution in [0.5, 0.6) is 0 Å². The fraction of sp³-hybridized carbons (Fsp3) is 0.0909. The Morgan fingerprint density at radius 1 is 0.900 bits per heavy atom. The Labute approximate surface area is 111 Å². The highest BCUT2D eigenvalue weighted by Gasteiger charge is 2.44. The second kappa shape index (κ2) is 4.53. The van der Waals surface area contributed by atoms with Gasteiger partial charge in [0.1, 0.15) is 0 Å². The lowest BCUT2D eigenvalue weighted by Crippen LogP contribution is -2.59. The topological polar surface area (TPSA) is 118 Å². The molecule has 102 valence electrons. The van der Waals surface area contributed by atoms with Crippen LogP contribution in [-0.4, -0.2) is 40.5 Å². The number of carbonyl (C=O) groups excluding carboxylic acids is 4. The van der Waals surface area contributed by atoms with Gasteiger partial charge in [-0.1, -0.05) is 0 Å². The van der Waals surface area contributed by atoms with Crippen LogP contribution in [0.2, 0.25) is 0 Å². The van der Waals surface area contributed by atoms with Crippen LogP contribution in [0.4, 0.5) is 11.4 Å². The molecule has 0 bridgehead atoms. The number of rotatable bonds is 2. The summed E-state index contributed by atoms with van der Waals surface area (Å²) in [6, 6.07) is 4.34. The molecule has 1 aromatic rings. The van der Waals surface area contributed by atoms with E-state index in [0.29, 0.717) is 9.80 Å². The zero-order valence-electron chi connectivity index (χ0n) is 10.1. The summed E-state index contributed by atoms with van der Waals surface area (Å²) in [6.45, 7) is 0. The first-order valence-corrected chi connectivity index (χ1v) is 5.29. The summed E-state index contributed by atoms with van der Waals surface area (Å²) in [6.07, 6.45) is 0. The monoisotopic (exact) mass is 277 g/mol. The largest absolute Gasteiger partial charge is 0.324 e. The first kappa shape index (κ1) is 13.3. The maximum absolute atomic E-state index is 11.7. The number of benzene rings is 1. The smallest absolute Gasteiger partial charge is 0.269 e. The van der Waals surface area contributed by atoms with Crippen molar-refractivity contribution in [2.45, 2.75) is 0 Å². The van der Waals surface area contributed by atoms with Gasteiger partial charge in [0, 0.05) is 19.2 Å². The van der Waals surface area contributed by atoms with Crippen LogP contribution in [0.25, 0.3) is 0 Å². The Balaban J connectivity index is 2.42. The number of piperazine rings is 1. The van der Waals surface area contributed by atoms with Gasteiger partial charge in [-0.25, -0.2) is 4.90 Å². The number of hydrogen-bond donors (Lipinski definition) is 0. The van der Waals surface area contributed by atoms with Gasteiger partial charge >= 0.3 is 23.6 Å². The van der Waals surface area contributed by atoms with Gasteiger partial charge in [-0.3, -0.25) is 34.2 Å². The number of hydrogen-bond acceptors (Lipinski definition) is 6. The lowest BCUT2D eigenvalue weighted by molar-refractivity contribution is -0.384. The van der Waals surface area contributed by atoms with Crippen LogP contribution in [0.15, 0.2) is 24.3 Å². The highest BCUT2D eigenvalue weighted by atomic mass is 16.6. The summed E-state index contributed by atoms with van der Waals surface area (Å²) in [7, 11) is 1.02. The lowest BCUT2D eigenvalue weighted by atomic mass is 10.2. The Morgan fingerprint density at radius 3 is 1.75 bits per heavy atom. The molecular formula is C11H7N3O6. The Morgan fingerprint density at radius 2 is 1.35 bits per heavy atom. The number of anilines is 1. The molecule has 0 spiro atoms. The van der Waals surface area contributed by atoms with E-state index in [9.17, 15) is 29.3 Å². The molecule has 0 aromatic heterocycles. The maximum Gasteiger partial charge on any atom is 0.324 e. The minimum Gasteiger partial charge on any atom is -0.269 e. The molecule has 1 fully saturated rings. The van der Waals surface area contributed by atoms with Crippen molar-refractivity contribution < 1.29 is 24.1 Å². The van der Waals surface area contributed by atoms with Gasteiger partial charge in [-0.15, -0.1) is 0 Å². The van der Waals surface area contributed by atoms with Crippen LogP contribution in [0.1, 0.15) is 0 Å². The molecule has 1 saturated heterocycles. The number of carbonyl (C=O) groups is 4.